The summed E-state index contributed by atoms with van der Waals surface area (Å²) in [4.78, 5) is 12.8. The lowest BCUT2D eigenvalue weighted by molar-refractivity contribution is 0.117. The molecule has 1 aromatic rings. The summed E-state index contributed by atoms with van der Waals surface area (Å²) in [5.74, 6) is -0.380. The fourth-order valence-electron chi connectivity index (χ4n) is 1.66. The third-order valence-corrected chi connectivity index (χ3v) is 2.58. The van der Waals surface area contributed by atoms with Crippen LogP contribution >= 0.6 is 0 Å². The number of hydrogen-bond donors (Lipinski definition) is 1. The molecule has 0 aromatic heterocycles. The van der Waals surface area contributed by atoms with E-state index in [9.17, 15) is 9.18 Å². The molecule has 4 nitrogen and oxygen atoms in total. The van der Waals surface area contributed by atoms with Crippen molar-refractivity contribution in [2.45, 2.75) is 0 Å². The van der Waals surface area contributed by atoms with Gasteiger partial charge in [0.1, 0.15) is 5.82 Å². The van der Waals surface area contributed by atoms with Crippen molar-refractivity contribution in [2.24, 2.45) is 11.7 Å². The van der Waals surface area contributed by atoms with Gasteiger partial charge in [-0.15, -0.1) is 0 Å². The molecule has 0 radical (unpaired) electrons. The average molecular weight is 224 g/mol. The van der Waals surface area contributed by atoms with E-state index in [1.165, 1.54) is 11.0 Å². The molecule has 1 aliphatic rings. The van der Waals surface area contributed by atoms with Crippen LogP contribution in [0.1, 0.15) is 0 Å². The maximum atomic E-state index is 13.5. The second kappa shape index (κ2) is 4.49. The highest BCUT2D eigenvalue weighted by Crippen LogP contribution is 2.23. The van der Waals surface area contributed by atoms with Crippen LogP contribution in [0.15, 0.2) is 24.3 Å². The Morgan fingerprint density at radius 3 is 2.94 bits per heavy atom. The lowest BCUT2D eigenvalue weighted by atomic mass is 10.1. The van der Waals surface area contributed by atoms with Crippen LogP contribution in [0, 0.1) is 11.7 Å². The normalized spacial score (nSPS) is 20.8. The van der Waals surface area contributed by atoms with Crippen molar-refractivity contribution < 1.29 is 13.9 Å². The second-order valence-electron chi connectivity index (χ2n) is 3.74. The smallest absolute Gasteiger partial charge is 0.414 e. The van der Waals surface area contributed by atoms with E-state index in [-0.39, 0.29) is 11.6 Å². The Morgan fingerprint density at radius 1 is 1.50 bits per heavy atom. The fourth-order valence-corrected chi connectivity index (χ4v) is 1.66. The standard InChI is InChI=1S/C11H13FN2O2/c12-9-3-1-2-4-10(9)14-6-8(5-13)7-16-11(14)15/h1-4,8H,5-7,13H2. The molecule has 1 atom stereocenters. The summed E-state index contributed by atoms with van der Waals surface area (Å²) in [5, 5.41) is 0. The van der Waals surface area contributed by atoms with Gasteiger partial charge in [-0.3, -0.25) is 4.90 Å². The van der Waals surface area contributed by atoms with Crippen molar-refractivity contribution in [1.82, 2.24) is 0 Å². The quantitative estimate of drug-likeness (QED) is 0.825. The van der Waals surface area contributed by atoms with Crippen LogP contribution in [0.5, 0.6) is 0 Å². The predicted molar refractivity (Wildman–Crippen MR) is 57.6 cm³/mol. The Labute approximate surface area is 92.8 Å². The summed E-state index contributed by atoms with van der Waals surface area (Å²) in [5.41, 5.74) is 5.76. The molecule has 16 heavy (non-hydrogen) atoms. The van der Waals surface area contributed by atoms with Crippen molar-refractivity contribution >= 4 is 11.8 Å². The summed E-state index contributed by atoms with van der Waals surface area (Å²) in [6, 6.07) is 6.12. The Bertz CT molecular complexity index is 397. The van der Waals surface area contributed by atoms with E-state index in [4.69, 9.17) is 10.5 Å². The number of para-hydroxylation sites is 1. The molecule has 0 bridgehead atoms. The third kappa shape index (κ3) is 1.99. The number of ether oxygens (including phenoxy) is 1. The van der Waals surface area contributed by atoms with Gasteiger partial charge in [0.15, 0.2) is 0 Å². The van der Waals surface area contributed by atoms with Gasteiger partial charge in [-0.1, -0.05) is 12.1 Å². The van der Waals surface area contributed by atoms with Crippen molar-refractivity contribution in [2.75, 3.05) is 24.6 Å². The number of carbonyl (C=O) groups excluding carboxylic acids is 1. The number of halogens is 1. The first-order valence-electron chi connectivity index (χ1n) is 5.11. The molecule has 1 aliphatic heterocycles. The molecule has 1 amide bonds. The molecular weight excluding hydrogens is 211 g/mol. The number of nitrogens with two attached hydrogens (primary N) is 1. The van der Waals surface area contributed by atoms with E-state index in [0.717, 1.165) is 0 Å². The maximum Gasteiger partial charge on any atom is 0.414 e. The lowest BCUT2D eigenvalue weighted by Gasteiger charge is -2.31. The predicted octanol–water partition coefficient (Wildman–Crippen LogP) is 1.36. The molecule has 2 N–H and O–H groups in total. The fraction of sp³-hybridized carbons (Fsp3) is 0.364. The van der Waals surface area contributed by atoms with E-state index in [1.54, 1.807) is 18.2 Å². The van der Waals surface area contributed by atoms with E-state index in [2.05, 4.69) is 0 Å². The van der Waals surface area contributed by atoms with Gasteiger partial charge < -0.3 is 10.5 Å². The summed E-state index contributed by atoms with van der Waals surface area (Å²) < 4.78 is 18.4. The zero-order chi connectivity index (χ0) is 11.5. The van der Waals surface area contributed by atoms with Crippen molar-refractivity contribution in [1.29, 1.82) is 0 Å². The van der Waals surface area contributed by atoms with Gasteiger partial charge in [0.2, 0.25) is 0 Å². The SMILES string of the molecule is NCC1COC(=O)N(c2ccccc2F)C1. The molecule has 0 saturated carbocycles. The van der Waals surface area contributed by atoms with E-state index < -0.39 is 11.9 Å². The first-order valence-corrected chi connectivity index (χ1v) is 5.11. The van der Waals surface area contributed by atoms with Crippen LogP contribution < -0.4 is 10.6 Å². The van der Waals surface area contributed by atoms with Gasteiger partial charge in [-0.2, -0.15) is 0 Å². The maximum absolute atomic E-state index is 13.5. The highest BCUT2D eigenvalue weighted by atomic mass is 19.1. The van der Waals surface area contributed by atoms with Crippen LogP contribution in [-0.4, -0.2) is 25.8 Å². The van der Waals surface area contributed by atoms with Crippen molar-refractivity contribution in [3.8, 4) is 0 Å². The molecular formula is C11H13FN2O2. The summed E-state index contributed by atoms with van der Waals surface area (Å²) in [6.07, 6.45) is -0.519. The molecule has 1 unspecified atom stereocenters. The van der Waals surface area contributed by atoms with Gasteiger partial charge in [-0.25, -0.2) is 9.18 Å². The summed E-state index contributed by atoms with van der Waals surface area (Å²) in [6.45, 7) is 1.12. The zero-order valence-corrected chi connectivity index (χ0v) is 8.73. The van der Waals surface area contributed by atoms with Gasteiger partial charge >= 0.3 is 6.09 Å². The molecule has 86 valence electrons. The van der Waals surface area contributed by atoms with E-state index in [1.807, 2.05) is 0 Å². The molecule has 1 aromatic carbocycles. The molecule has 1 saturated heterocycles. The highest BCUT2D eigenvalue weighted by molar-refractivity contribution is 5.88. The number of benzene rings is 1. The van der Waals surface area contributed by atoms with Gasteiger partial charge in [0, 0.05) is 19.0 Å². The molecule has 1 fully saturated rings. The lowest BCUT2D eigenvalue weighted by Crippen LogP contribution is -2.45. The number of amides is 1. The Balaban J connectivity index is 2.25. The zero-order valence-electron chi connectivity index (χ0n) is 8.73. The average Bonchev–Trinajstić information content (AvgIpc) is 2.31. The van der Waals surface area contributed by atoms with Crippen molar-refractivity contribution in [3.05, 3.63) is 30.1 Å². The number of hydrogen-bond acceptors (Lipinski definition) is 3. The number of nitrogens with zero attached hydrogens (tertiary/aromatic N) is 1. The number of cyclic esters (lactones) is 1. The largest absolute Gasteiger partial charge is 0.449 e. The van der Waals surface area contributed by atoms with Crippen LogP contribution in [0.2, 0.25) is 0 Å². The van der Waals surface area contributed by atoms with Crippen LogP contribution in [0.4, 0.5) is 14.9 Å². The van der Waals surface area contributed by atoms with Crippen LogP contribution in [-0.2, 0) is 4.74 Å². The number of carbonyl (C=O) groups is 1. The van der Waals surface area contributed by atoms with Crippen LogP contribution in [0.25, 0.3) is 0 Å². The van der Waals surface area contributed by atoms with E-state index >= 15 is 0 Å². The minimum absolute atomic E-state index is 0.0531. The first-order chi connectivity index (χ1) is 7.72. The third-order valence-electron chi connectivity index (χ3n) is 2.58. The topological polar surface area (TPSA) is 55.6 Å². The van der Waals surface area contributed by atoms with E-state index in [0.29, 0.717) is 19.7 Å². The number of rotatable bonds is 2. The van der Waals surface area contributed by atoms with Crippen molar-refractivity contribution in [3.63, 3.8) is 0 Å². The molecule has 2 rings (SSSR count). The van der Waals surface area contributed by atoms with Gasteiger partial charge in [-0.05, 0) is 12.1 Å². The second-order valence-corrected chi connectivity index (χ2v) is 3.74. The minimum Gasteiger partial charge on any atom is -0.449 e. The Hall–Kier alpha value is -1.62. The minimum atomic E-state index is -0.519. The summed E-state index contributed by atoms with van der Waals surface area (Å²) >= 11 is 0. The van der Waals surface area contributed by atoms with Gasteiger partial charge in [0.05, 0.1) is 12.3 Å². The Morgan fingerprint density at radius 2 is 2.25 bits per heavy atom. The molecule has 0 spiro atoms. The summed E-state index contributed by atoms with van der Waals surface area (Å²) in [7, 11) is 0. The Kier molecular flexibility index (Phi) is 3.05. The molecule has 0 aliphatic carbocycles. The molecule has 1 heterocycles. The first kappa shape index (κ1) is 10.9. The monoisotopic (exact) mass is 224 g/mol. The highest BCUT2D eigenvalue weighted by Gasteiger charge is 2.28. The van der Waals surface area contributed by atoms with Gasteiger partial charge in [0.25, 0.3) is 0 Å². The van der Waals surface area contributed by atoms with Crippen LogP contribution in [0.3, 0.4) is 0 Å². The molecule has 5 heteroatoms. The number of anilines is 1.